The molecule has 1 saturated carbocycles. The number of aliphatic hydroxyl groups is 1. The van der Waals surface area contributed by atoms with Crippen molar-refractivity contribution in [2.24, 2.45) is 5.73 Å². The van der Waals surface area contributed by atoms with Gasteiger partial charge in [0.1, 0.15) is 12.2 Å². The number of rotatable bonds is 11. The number of alkyl halides is 4. The Morgan fingerprint density at radius 3 is 2.63 bits per heavy atom. The zero-order valence-electron chi connectivity index (χ0n) is 24.8. The van der Waals surface area contributed by atoms with Crippen molar-refractivity contribution < 1.29 is 32.3 Å². The van der Waals surface area contributed by atoms with Crippen molar-refractivity contribution in [1.82, 2.24) is 34.4 Å². The van der Waals surface area contributed by atoms with Crippen LogP contribution in [0.3, 0.4) is 0 Å². The lowest BCUT2D eigenvalue weighted by molar-refractivity contribution is -0.123. The number of nitrogens with two attached hydrogens (primary N) is 1. The molecule has 3 aromatic heterocycles. The second-order valence-corrected chi connectivity index (χ2v) is 11.6. The summed E-state index contributed by atoms with van der Waals surface area (Å²) in [6.45, 7) is 1.49. The molecule has 4 aromatic rings. The SMILES string of the molecule is CCc1cc(Nc2nccn3c(-c4cn(CC(F)F)nc4C(F)F)cnc23)ccc1C(=O)NC1CC(N2CC(O)CC2C(N)=O)C1. The molecular weight excluding hydrogens is 610 g/mol. The van der Waals surface area contributed by atoms with Crippen LogP contribution in [0.1, 0.15) is 54.2 Å². The van der Waals surface area contributed by atoms with E-state index in [0.29, 0.717) is 54.9 Å². The molecule has 46 heavy (non-hydrogen) atoms. The molecule has 1 aliphatic heterocycles. The Kier molecular flexibility index (Phi) is 8.65. The lowest BCUT2D eigenvalue weighted by Crippen LogP contribution is -2.57. The van der Waals surface area contributed by atoms with E-state index in [1.165, 1.54) is 23.0 Å². The number of aliphatic hydroxyl groups excluding tert-OH is 1. The Bertz CT molecular complexity index is 1750. The molecule has 0 radical (unpaired) electrons. The lowest BCUT2D eigenvalue weighted by Gasteiger charge is -2.43. The van der Waals surface area contributed by atoms with Gasteiger partial charge in [0.15, 0.2) is 11.5 Å². The van der Waals surface area contributed by atoms with E-state index < -0.39 is 43.1 Å². The number of hydrogen-bond donors (Lipinski definition) is 4. The summed E-state index contributed by atoms with van der Waals surface area (Å²) in [5.74, 6) is -0.362. The second-order valence-electron chi connectivity index (χ2n) is 11.6. The van der Waals surface area contributed by atoms with Gasteiger partial charge in [-0.1, -0.05) is 6.92 Å². The van der Waals surface area contributed by atoms with Gasteiger partial charge >= 0.3 is 0 Å². The van der Waals surface area contributed by atoms with Gasteiger partial charge in [-0.3, -0.25) is 23.6 Å². The van der Waals surface area contributed by atoms with Crippen LogP contribution in [-0.4, -0.2) is 83.2 Å². The Morgan fingerprint density at radius 1 is 1.15 bits per heavy atom. The number of carbonyl (C=O) groups is 2. The predicted octanol–water partition coefficient (Wildman–Crippen LogP) is 3.28. The number of halogens is 4. The van der Waals surface area contributed by atoms with E-state index in [0.717, 1.165) is 16.4 Å². The second kappa shape index (κ2) is 12.7. The van der Waals surface area contributed by atoms with Gasteiger partial charge in [0, 0.05) is 54.0 Å². The first-order valence-corrected chi connectivity index (χ1v) is 14.9. The number of amides is 2. The van der Waals surface area contributed by atoms with Crippen LogP contribution < -0.4 is 16.4 Å². The summed E-state index contributed by atoms with van der Waals surface area (Å²) in [5.41, 5.74) is 7.31. The molecule has 2 atom stereocenters. The van der Waals surface area contributed by atoms with Crippen molar-refractivity contribution in [2.75, 3.05) is 11.9 Å². The zero-order valence-corrected chi connectivity index (χ0v) is 24.8. The van der Waals surface area contributed by atoms with Gasteiger partial charge in [-0.05, 0) is 49.4 Å². The van der Waals surface area contributed by atoms with Crippen LogP contribution in [0.25, 0.3) is 16.9 Å². The van der Waals surface area contributed by atoms with Crippen molar-refractivity contribution in [1.29, 1.82) is 0 Å². The summed E-state index contributed by atoms with van der Waals surface area (Å²) in [4.78, 5) is 35.6. The van der Waals surface area contributed by atoms with Crippen molar-refractivity contribution >= 4 is 29.0 Å². The number of aryl methyl sites for hydroxylation is 1. The maximum atomic E-state index is 13.8. The molecule has 2 fully saturated rings. The summed E-state index contributed by atoms with van der Waals surface area (Å²) in [6.07, 6.45) is 1.33. The first kappa shape index (κ1) is 31.4. The molecule has 0 spiro atoms. The van der Waals surface area contributed by atoms with Crippen LogP contribution in [-0.2, 0) is 17.8 Å². The fourth-order valence-electron chi connectivity index (χ4n) is 6.32. The van der Waals surface area contributed by atoms with Gasteiger partial charge in [0.25, 0.3) is 18.8 Å². The number of β-amino-alcohol motifs (C(OH)–C–C–N with tert-alkyl or cyclic N) is 1. The van der Waals surface area contributed by atoms with Crippen LogP contribution >= 0.6 is 0 Å². The topological polar surface area (TPSA) is 156 Å². The standard InChI is InChI=1S/C30H33F4N9O3/c1-2-15-7-16(3-4-20(15)30(46)39-17-8-18(9-17)43-12-19(44)10-22(43)27(35)45)38-28-29-37-11-23(42(29)6-5-36-28)21-13-41(14-24(31)32)40-25(21)26(33)34/h3-7,11,13,17-19,22,24,26,44H,2,8-10,12,14H2,1H3,(H2,35,45)(H,36,38)(H,39,46). The summed E-state index contributed by atoms with van der Waals surface area (Å²) in [5, 5.41) is 19.9. The molecule has 6 rings (SSSR count). The highest BCUT2D eigenvalue weighted by Gasteiger charge is 2.44. The lowest BCUT2D eigenvalue weighted by atomic mass is 9.84. The average molecular weight is 644 g/mol. The van der Waals surface area contributed by atoms with Gasteiger partial charge in [0.05, 0.1) is 24.0 Å². The molecule has 1 aliphatic carbocycles. The van der Waals surface area contributed by atoms with Crippen molar-refractivity contribution in [3.8, 4) is 11.3 Å². The maximum Gasteiger partial charge on any atom is 0.282 e. The smallest absolute Gasteiger partial charge is 0.282 e. The van der Waals surface area contributed by atoms with E-state index in [1.54, 1.807) is 12.1 Å². The Labute approximate surface area is 260 Å². The minimum absolute atomic E-state index is 0.0209. The zero-order chi connectivity index (χ0) is 32.7. The van der Waals surface area contributed by atoms with Gasteiger partial charge in [-0.2, -0.15) is 5.10 Å². The molecule has 5 N–H and O–H groups in total. The number of likely N-dealkylation sites (tertiary alicyclic amines) is 1. The molecule has 12 nitrogen and oxygen atoms in total. The van der Waals surface area contributed by atoms with Crippen LogP contribution in [0.4, 0.5) is 29.1 Å². The van der Waals surface area contributed by atoms with Gasteiger partial charge in [0.2, 0.25) is 5.91 Å². The van der Waals surface area contributed by atoms with Gasteiger partial charge in [-0.15, -0.1) is 0 Å². The number of primary amides is 1. The van der Waals surface area contributed by atoms with E-state index in [4.69, 9.17) is 5.73 Å². The van der Waals surface area contributed by atoms with Crippen LogP contribution in [0.5, 0.6) is 0 Å². The van der Waals surface area contributed by atoms with Crippen molar-refractivity contribution in [3.63, 3.8) is 0 Å². The van der Waals surface area contributed by atoms with E-state index in [1.807, 2.05) is 17.9 Å². The number of anilines is 2. The Balaban J connectivity index is 1.16. The quantitative estimate of drug-likeness (QED) is 0.182. The third kappa shape index (κ3) is 6.13. The summed E-state index contributed by atoms with van der Waals surface area (Å²) in [6, 6.07) is 4.74. The first-order chi connectivity index (χ1) is 22.0. The number of fused-ring (bicyclic) bond motifs is 1. The molecular formula is C30H33F4N9O3. The number of nitrogens with zero attached hydrogens (tertiary/aromatic N) is 6. The van der Waals surface area contributed by atoms with Crippen LogP contribution in [0.2, 0.25) is 0 Å². The molecule has 16 heteroatoms. The Hall–Kier alpha value is -4.57. The third-order valence-corrected chi connectivity index (χ3v) is 8.58. The highest BCUT2D eigenvalue weighted by atomic mass is 19.3. The number of nitrogens with one attached hydrogen (secondary N) is 2. The molecule has 244 valence electrons. The van der Waals surface area contributed by atoms with E-state index >= 15 is 0 Å². The van der Waals surface area contributed by atoms with Crippen LogP contribution in [0, 0.1) is 0 Å². The molecule has 1 saturated heterocycles. The molecule has 0 bridgehead atoms. The number of aromatic nitrogens is 5. The summed E-state index contributed by atoms with van der Waals surface area (Å²) >= 11 is 0. The number of hydrogen-bond acceptors (Lipinski definition) is 8. The normalized spacial score (nSPS) is 21.7. The number of benzene rings is 1. The molecule has 2 amide bonds. The highest BCUT2D eigenvalue weighted by Crippen LogP contribution is 2.34. The third-order valence-electron chi connectivity index (χ3n) is 8.58. The van der Waals surface area contributed by atoms with Crippen molar-refractivity contribution in [3.05, 3.63) is 59.8 Å². The molecule has 2 unspecified atom stereocenters. The Morgan fingerprint density at radius 2 is 1.93 bits per heavy atom. The molecule has 1 aromatic carbocycles. The molecule has 4 heterocycles. The van der Waals surface area contributed by atoms with Crippen LogP contribution in [0.15, 0.2) is 43.0 Å². The maximum absolute atomic E-state index is 13.8. The summed E-state index contributed by atoms with van der Waals surface area (Å²) < 4.78 is 55.6. The van der Waals surface area contributed by atoms with Gasteiger partial charge in [-0.25, -0.2) is 27.5 Å². The minimum Gasteiger partial charge on any atom is -0.392 e. The fourth-order valence-corrected chi connectivity index (χ4v) is 6.32. The summed E-state index contributed by atoms with van der Waals surface area (Å²) in [7, 11) is 0. The monoisotopic (exact) mass is 643 g/mol. The van der Waals surface area contributed by atoms with E-state index in [9.17, 15) is 32.3 Å². The number of imidazole rings is 1. The van der Waals surface area contributed by atoms with Crippen molar-refractivity contribution in [2.45, 2.75) is 76.2 Å². The fraction of sp³-hybridized carbons (Fsp3) is 0.433. The predicted molar refractivity (Wildman–Crippen MR) is 159 cm³/mol. The van der Waals surface area contributed by atoms with E-state index in [2.05, 4.69) is 25.7 Å². The highest BCUT2D eigenvalue weighted by molar-refractivity contribution is 5.96. The minimum atomic E-state index is -2.99. The average Bonchev–Trinajstić information content (AvgIpc) is 3.71. The van der Waals surface area contributed by atoms with E-state index in [-0.39, 0.29) is 29.2 Å². The number of carbonyl (C=O) groups excluding carboxylic acids is 2. The molecule has 2 aliphatic rings. The van der Waals surface area contributed by atoms with Gasteiger partial charge < -0.3 is 21.5 Å². The largest absolute Gasteiger partial charge is 0.392 e. The first-order valence-electron chi connectivity index (χ1n) is 14.9.